The molecule has 0 radical (unpaired) electrons. The zero-order valence-electron chi connectivity index (χ0n) is 12.4. The summed E-state index contributed by atoms with van der Waals surface area (Å²) in [4.78, 5) is 15.0. The normalized spacial score (nSPS) is 37.5. The molecule has 0 aromatic heterocycles. The van der Waals surface area contributed by atoms with Crippen molar-refractivity contribution in [2.45, 2.75) is 56.1 Å². The van der Waals surface area contributed by atoms with Crippen LogP contribution in [0.5, 0.6) is 0 Å². The maximum absolute atomic E-state index is 12.7. The van der Waals surface area contributed by atoms with E-state index in [9.17, 15) is 4.79 Å². The fourth-order valence-corrected chi connectivity index (χ4v) is 4.46. The van der Waals surface area contributed by atoms with Crippen molar-refractivity contribution in [1.82, 2.24) is 4.90 Å². The average molecular weight is 293 g/mol. The second-order valence-corrected chi connectivity index (χ2v) is 6.84. The lowest BCUT2D eigenvalue weighted by Crippen LogP contribution is -2.46. The van der Waals surface area contributed by atoms with Crippen LogP contribution in [0.2, 0.25) is 0 Å². The molecule has 2 atom stereocenters. The molecule has 5 heteroatoms. The Morgan fingerprint density at radius 3 is 2.86 bits per heavy atom. The number of fused-ring (bicyclic) bond motifs is 1. The van der Waals surface area contributed by atoms with Crippen LogP contribution in [0.1, 0.15) is 44.9 Å². The molecule has 3 heterocycles. The maximum atomic E-state index is 12.7. The molecule has 4 rings (SSSR count). The van der Waals surface area contributed by atoms with Crippen molar-refractivity contribution >= 4 is 5.97 Å². The Hall–Kier alpha value is -1.07. The van der Waals surface area contributed by atoms with Gasteiger partial charge in [0.25, 0.3) is 0 Å². The summed E-state index contributed by atoms with van der Waals surface area (Å²) in [6, 6.07) is 0. The Labute approximate surface area is 124 Å². The van der Waals surface area contributed by atoms with Crippen molar-refractivity contribution in [3.8, 4) is 0 Å². The van der Waals surface area contributed by atoms with Crippen LogP contribution in [-0.2, 0) is 14.3 Å². The van der Waals surface area contributed by atoms with Gasteiger partial charge in [0.15, 0.2) is 0 Å². The third kappa shape index (κ3) is 2.01. The Kier molecular flexibility index (Phi) is 3.05. The first-order chi connectivity index (χ1) is 10.2. The van der Waals surface area contributed by atoms with Crippen LogP contribution in [0.3, 0.4) is 0 Å². The number of ether oxygens (including phenoxy) is 2. The predicted molar refractivity (Wildman–Crippen MR) is 75.5 cm³/mol. The molecule has 4 aliphatic rings. The van der Waals surface area contributed by atoms with E-state index in [2.05, 4.69) is 4.90 Å². The van der Waals surface area contributed by atoms with E-state index < -0.39 is 5.54 Å². The van der Waals surface area contributed by atoms with Crippen LogP contribution >= 0.6 is 0 Å². The molecular formula is C16H23NO4. The molecule has 0 aromatic carbocycles. The minimum atomic E-state index is -0.537. The van der Waals surface area contributed by atoms with Crippen molar-refractivity contribution in [3.63, 3.8) is 0 Å². The van der Waals surface area contributed by atoms with E-state index >= 15 is 0 Å². The summed E-state index contributed by atoms with van der Waals surface area (Å²) in [5.41, 5.74) is 2.20. The molecule has 0 amide bonds. The lowest BCUT2D eigenvalue weighted by atomic mass is 9.86. The summed E-state index contributed by atoms with van der Waals surface area (Å²) in [5.74, 6) is -0.167. The van der Waals surface area contributed by atoms with Gasteiger partial charge in [0.1, 0.15) is 12.1 Å². The Bertz CT molecular complexity index is 489. The first-order valence-corrected chi connectivity index (χ1v) is 8.10. The van der Waals surface area contributed by atoms with E-state index in [-0.39, 0.29) is 24.8 Å². The van der Waals surface area contributed by atoms with Gasteiger partial charge in [0, 0.05) is 25.3 Å². The predicted octanol–water partition coefficient (Wildman–Crippen LogP) is 1.36. The van der Waals surface area contributed by atoms with Crippen LogP contribution in [0.4, 0.5) is 0 Å². The molecule has 1 aliphatic carbocycles. The zero-order valence-corrected chi connectivity index (χ0v) is 12.4. The smallest absolute Gasteiger partial charge is 0.332 e. The van der Waals surface area contributed by atoms with Crippen molar-refractivity contribution in [1.29, 1.82) is 0 Å². The summed E-state index contributed by atoms with van der Waals surface area (Å²) in [7, 11) is 0. The Morgan fingerprint density at radius 1 is 1.33 bits per heavy atom. The van der Waals surface area contributed by atoms with Gasteiger partial charge in [-0.05, 0) is 38.5 Å². The molecule has 116 valence electrons. The van der Waals surface area contributed by atoms with E-state index in [0.717, 1.165) is 45.3 Å². The van der Waals surface area contributed by atoms with Crippen molar-refractivity contribution in [2.75, 3.05) is 26.4 Å². The van der Waals surface area contributed by atoms with Crippen LogP contribution in [0.25, 0.3) is 0 Å². The molecule has 3 saturated heterocycles. The summed E-state index contributed by atoms with van der Waals surface area (Å²) >= 11 is 0. The van der Waals surface area contributed by atoms with Crippen molar-refractivity contribution in [3.05, 3.63) is 11.3 Å². The second-order valence-electron chi connectivity index (χ2n) is 6.84. The molecule has 2 unspecified atom stereocenters. The highest BCUT2D eigenvalue weighted by molar-refractivity contribution is 5.83. The van der Waals surface area contributed by atoms with E-state index in [0.29, 0.717) is 0 Å². The number of allylic oxidation sites excluding steroid dienone is 2. The van der Waals surface area contributed by atoms with E-state index in [1.807, 2.05) is 0 Å². The summed E-state index contributed by atoms with van der Waals surface area (Å²) in [6.45, 7) is 1.62. The maximum Gasteiger partial charge on any atom is 0.332 e. The molecule has 1 saturated carbocycles. The van der Waals surface area contributed by atoms with Gasteiger partial charge in [-0.2, -0.15) is 0 Å². The number of aliphatic hydroxyl groups excluding tert-OH is 1. The highest BCUT2D eigenvalue weighted by Crippen LogP contribution is 2.55. The number of carbonyl (C=O) groups excluding carboxylic acids is 1. The lowest BCUT2D eigenvalue weighted by Gasteiger charge is -2.31. The second kappa shape index (κ2) is 4.71. The third-order valence-corrected chi connectivity index (χ3v) is 5.48. The molecule has 3 aliphatic heterocycles. The van der Waals surface area contributed by atoms with Crippen LogP contribution < -0.4 is 0 Å². The summed E-state index contributed by atoms with van der Waals surface area (Å²) in [5, 5.41) is 8.93. The standard InChI is InChI=1S/C16H23NO4/c18-7-9-20-14(19)16-6-4-13(12-2-3-12)17(16)11-15(10-16)5-1-8-21-15/h18H,1-11H2. The Balaban J connectivity index is 1.65. The van der Waals surface area contributed by atoms with Crippen LogP contribution in [-0.4, -0.2) is 53.5 Å². The van der Waals surface area contributed by atoms with E-state index in [1.54, 1.807) is 0 Å². The van der Waals surface area contributed by atoms with Gasteiger partial charge < -0.3 is 19.5 Å². The first kappa shape index (κ1) is 13.6. The number of aliphatic hydroxyl groups is 1. The molecule has 21 heavy (non-hydrogen) atoms. The van der Waals surface area contributed by atoms with Crippen molar-refractivity contribution < 1.29 is 19.4 Å². The quantitative estimate of drug-likeness (QED) is 0.796. The summed E-state index contributed by atoms with van der Waals surface area (Å²) in [6.07, 6.45) is 7.06. The molecule has 1 N–H and O–H groups in total. The lowest BCUT2D eigenvalue weighted by molar-refractivity contribution is -0.155. The van der Waals surface area contributed by atoms with Gasteiger partial charge >= 0.3 is 5.97 Å². The fourth-order valence-electron chi connectivity index (χ4n) is 4.46. The third-order valence-electron chi connectivity index (χ3n) is 5.48. The number of esters is 1. The monoisotopic (exact) mass is 293 g/mol. The number of rotatable bonds is 3. The van der Waals surface area contributed by atoms with Gasteiger partial charge in [0.05, 0.1) is 12.2 Å². The average Bonchev–Trinajstić information content (AvgIpc) is 2.99. The molecule has 5 nitrogen and oxygen atoms in total. The van der Waals surface area contributed by atoms with Gasteiger partial charge in [-0.3, -0.25) is 0 Å². The molecule has 1 spiro atoms. The van der Waals surface area contributed by atoms with Gasteiger partial charge in [-0.1, -0.05) is 5.57 Å². The number of hydrogen-bond donors (Lipinski definition) is 1. The zero-order chi connectivity index (χ0) is 14.5. The molecule has 0 bridgehead atoms. The topological polar surface area (TPSA) is 59.0 Å². The Morgan fingerprint density at radius 2 is 2.19 bits per heavy atom. The van der Waals surface area contributed by atoms with Crippen LogP contribution in [0, 0.1) is 0 Å². The minimum absolute atomic E-state index is 0.0915. The number of carbonyl (C=O) groups is 1. The minimum Gasteiger partial charge on any atom is -0.462 e. The number of nitrogens with zero attached hydrogens (tertiary/aromatic N) is 1. The SMILES string of the molecule is O=C(OCCO)C12CCC(=C3CC3)N1CC1(CCCO1)C2. The van der Waals surface area contributed by atoms with Crippen molar-refractivity contribution in [2.24, 2.45) is 0 Å². The van der Waals surface area contributed by atoms with Crippen LogP contribution in [0.15, 0.2) is 11.3 Å². The van der Waals surface area contributed by atoms with Gasteiger partial charge in [-0.15, -0.1) is 0 Å². The van der Waals surface area contributed by atoms with E-state index in [4.69, 9.17) is 14.6 Å². The highest BCUT2D eigenvalue weighted by Gasteiger charge is 2.63. The first-order valence-electron chi connectivity index (χ1n) is 8.10. The molecular weight excluding hydrogens is 270 g/mol. The largest absolute Gasteiger partial charge is 0.462 e. The van der Waals surface area contributed by atoms with Gasteiger partial charge in [0.2, 0.25) is 0 Å². The highest BCUT2D eigenvalue weighted by atomic mass is 16.5. The fraction of sp³-hybridized carbons (Fsp3) is 0.812. The van der Waals surface area contributed by atoms with Gasteiger partial charge in [-0.25, -0.2) is 4.79 Å². The number of hydrogen-bond acceptors (Lipinski definition) is 5. The summed E-state index contributed by atoms with van der Waals surface area (Å²) < 4.78 is 11.4. The molecule has 4 fully saturated rings. The van der Waals surface area contributed by atoms with E-state index in [1.165, 1.54) is 24.1 Å². The molecule has 0 aromatic rings.